The topological polar surface area (TPSA) is 46.0 Å². The van der Waals surface area contributed by atoms with Gasteiger partial charge in [-0.15, -0.1) is 11.3 Å². The summed E-state index contributed by atoms with van der Waals surface area (Å²) in [6.45, 7) is 2.09. The highest BCUT2D eigenvalue weighted by Gasteiger charge is 2.08. The van der Waals surface area contributed by atoms with Gasteiger partial charge in [-0.1, -0.05) is 13.0 Å². The van der Waals surface area contributed by atoms with E-state index < -0.39 is 0 Å². The van der Waals surface area contributed by atoms with Gasteiger partial charge in [-0.2, -0.15) is 0 Å². The molecule has 0 amide bonds. The molecule has 0 atom stereocenters. The number of rotatable bonds is 3. The van der Waals surface area contributed by atoms with Crippen molar-refractivity contribution in [3.63, 3.8) is 0 Å². The van der Waals surface area contributed by atoms with Crippen LogP contribution in [-0.4, -0.2) is 15.1 Å². The number of aryl methyl sites for hydroxylation is 1. The second-order valence-electron chi connectivity index (χ2n) is 3.17. The smallest absolute Gasteiger partial charge is 0.142 e. The zero-order chi connectivity index (χ0) is 10.7. The van der Waals surface area contributed by atoms with Gasteiger partial charge in [0.1, 0.15) is 10.7 Å². The first kappa shape index (κ1) is 10.3. The quantitative estimate of drug-likeness (QED) is 0.863. The van der Waals surface area contributed by atoms with Crippen LogP contribution in [0.1, 0.15) is 18.2 Å². The molecule has 3 nitrogen and oxygen atoms in total. The van der Waals surface area contributed by atoms with E-state index in [-0.39, 0.29) is 6.61 Å². The Balaban J connectivity index is 2.44. The van der Waals surface area contributed by atoms with Gasteiger partial charge in [-0.25, -0.2) is 4.98 Å². The number of hydrogen-bond acceptors (Lipinski definition) is 4. The van der Waals surface area contributed by atoms with Gasteiger partial charge in [-0.3, -0.25) is 4.98 Å². The Morgan fingerprint density at radius 2 is 2.33 bits per heavy atom. The molecule has 4 heteroatoms. The first-order valence-electron chi connectivity index (χ1n) is 4.84. The van der Waals surface area contributed by atoms with Gasteiger partial charge >= 0.3 is 0 Å². The van der Waals surface area contributed by atoms with Crippen LogP contribution in [0.5, 0.6) is 0 Å². The molecule has 2 aromatic heterocycles. The Labute approximate surface area is 92.5 Å². The number of aliphatic hydroxyl groups excluding tert-OH is 1. The molecule has 0 aliphatic heterocycles. The average molecular weight is 220 g/mol. The first-order chi connectivity index (χ1) is 7.35. The number of aromatic nitrogens is 2. The summed E-state index contributed by atoms with van der Waals surface area (Å²) in [5.74, 6) is 0. The van der Waals surface area contributed by atoms with E-state index in [1.807, 2.05) is 11.4 Å². The van der Waals surface area contributed by atoms with Crippen LogP contribution in [0, 0.1) is 0 Å². The molecule has 0 aliphatic rings. The average Bonchev–Trinajstić information content (AvgIpc) is 2.77. The standard InChI is InChI=1S/C11H12N2OS/c1-2-8-4-3-5-12-10(8)11-13-9(6-14)7-15-11/h3-5,7,14H,2,6H2,1H3. The molecule has 15 heavy (non-hydrogen) atoms. The molecule has 1 N–H and O–H groups in total. The van der Waals surface area contributed by atoms with E-state index in [4.69, 9.17) is 5.11 Å². The Hall–Kier alpha value is -1.26. The van der Waals surface area contributed by atoms with Gasteiger partial charge in [0.2, 0.25) is 0 Å². The molecule has 0 aliphatic carbocycles. The molecule has 0 saturated heterocycles. The minimum Gasteiger partial charge on any atom is -0.390 e. The lowest BCUT2D eigenvalue weighted by molar-refractivity contribution is 0.278. The van der Waals surface area contributed by atoms with Crippen LogP contribution in [0.3, 0.4) is 0 Å². The molecular weight excluding hydrogens is 208 g/mol. The molecule has 0 bridgehead atoms. The second-order valence-corrected chi connectivity index (χ2v) is 4.02. The lowest BCUT2D eigenvalue weighted by atomic mass is 10.1. The molecule has 0 saturated carbocycles. The van der Waals surface area contributed by atoms with Crippen LogP contribution >= 0.6 is 11.3 Å². The molecule has 0 fully saturated rings. The van der Waals surface area contributed by atoms with E-state index in [0.29, 0.717) is 5.69 Å². The lowest BCUT2D eigenvalue weighted by Gasteiger charge is -2.01. The summed E-state index contributed by atoms with van der Waals surface area (Å²) in [5, 5.41) is 11.7. The molecule has 0 aromatic carbocycles. The van der Waals surface area contributed by atoms with Gasteiger partial charge in [-0.05, 0) is 18.1 Å². The van der Waals surface area contributed by atoms with E-state index in [1.54, 1.807) is 6.20 Å². The molecule has 0 radical (unpaired) electrons. The fourth-order valence-corrected chi connectivity index (χ4v) is 2.25. The normalized spacial score (nSPS) is 10.5. The Morgan fingerprint density at radius 3 is 3.00 bits per heavy atom. The zero-order valence-electron chi connectivity index (χ0n) is 8.47. The second kappa shape index (κ2) is 4.51. The van der Waals surface area contributed by atoms with Crippen molar-refractivity contribution in [2.75, 3.05) is 0 Å². The molecule has 0 unspecified atom stereocenters. The maximum absolute atomic E-state index is 8.95. The van der Waals surface area contributed by atoms with Crippen LogP contribution in [0.25, 0.3) is 10.7 Å². The van der Waals surface area contributed by atoms with E-state index in [0.717, 1.165) is 17.1 Å². The Bertz CT molecular complexity index is 453. The van der Waals surface area contributed by atoms with Crippen molar-refractivity contribution < 1.29 is 5.11 Å². The maximum atomic E-state index is 8.95. The van der Waals surface area contributed by atoms with Gasteiger partial charge in [0.25, 0.3) is 0 Å². The highest BCUT2D eigenvalue weighted by molar-refractivity contribution is 7.13. The maximum Gasteiger partial charge on any atom is 0.142 e. The summed E-state index contributed by atoms with van der Waals surface area (Å²) in [4.78, 5) is 8.65. The summed E-state index contributed by atoms with van der Waals surface area (Å²) in [5.41, 5.74) is 2.84. The first-order valence-corrected chi connectivity index (χ1v) is 5.72. The third-order valence-corrected chi connectivity index (χ3v) is 3.09. The lowest BCUT2D eigenvalue weighted by Crippen LogP contribution is -1.91. The van der Waals surface area contributed by atoms with Crippen molar-refractivity contribution >= 4 is 11.3 Å². The van der Waals surface area contributed by atoms with E-state index >= 15 is 0 Å². The summed E-state index contributed by atoms with van der Waals surface area (Å²) in [6.07, 6.45) is 2.71. The summed E-state index contributed by atoms with van der Waals surface area (Å²) >= 11 is 1.52. The predicted octanol–water partition coefficient (Wildman–Crippen LogP) is 2.26. The minimum absolute atomic E-state index is 0.00914. The number of pyridine rings is 1. The zero-order valence-corrected chi connectivity index (χ0v) is 9.29. The van der Waals surface area contributed by atoms with Crippen LogP contribution in [0.2, 0.25) is 0 Å². The molecular formula is C11H12N2OS. The van der Waals surface area contributed by atoms with E-state index in [9.17, 15) is 0 Å². The van der Waals surface area contributed by atoms with Gasteiger partial charge < -0.3 is 5.11 Å². The molecule has 2 rings (SSSR count). The summed E-state index contributed by atoms with van der Waals surface area (Å²) < 4.78 is 0. The summed E-state index contributed by atoms with van der Waals surface area (Å²) in [7, 11) is 0. The van der Waals surface area contributed by atoms with Gasteiger partial charge in [0.15, 0.2) is 0 Å². The monoisotopic (exact) mass is 220 g/mol. The van der Waals surface area contributed by atoms with Crippen molar-refractivity contribution in [3.05, 3.63) is 35.0 Å². The number of nitrogens with zero attached hydrogens (tertiary/aromatic N) is 2. The Kier molecular flexibility index (Phi) is 3.08. The molecule has 2 heterocycles. The van der Waals surface area contributed by atoms with Crippen molar-refractivity contribution in [3.8, 4) is 10.7 Å². The molecule has 0 spiro atoms. The van der Waals surface area contributed by atoms with E-state index in [2.05, 4.69) is 23.0 Å². The third kappa shape index (κ3) is 2.06. The molecule has 2 aromatic rings. The number of hydrogen-bond donors (Lipinski definition) is 1. The van der Waals surface area contributed by atoms with Crippen LogP contribution < -0.4 is 0 Å². The summed E-state index contributed by atoms with van der Waals surface area (Å²) in [6, 6.07) is 3.99. The van der Waals surface area contributed by atoms with Crippen molar-refractivity contribution in [1.82, 2.24) is 9.97 Å². The highest BCUT2D eigenvalue weighted by atomic mass is 32.1. The third-order valence-electron chi connectivity index (χ3n) is 2.19. The van der Waals surface area contributed by atoms with Gasteiger partial charge in [0.05, 0.1) is 12.3 Å². The largest absolute Gasteiger partial charge is 0.390 e. The highest BCUT2D eigenvalue weighted by Crippen LogP contribution is 2.25. The van der Waals surface area contributed by atoms with Gasteiger partial charge in [0, 0.05) is 11.6 Å². The number of aliphatic hydroxyl groups is 1. The number of thiazole rings is 1. The minimum atomic E-state index is -0.00914. The van der Waals surface area contributed by atoms with Crippen LogP contribution in [0.4, 0.5) is 0 Å². The SMILES string of the molecule is CCc1cccnc1-c1nc(CO)cs1. The van der Waals surface area contributed by atoms with Crippen molar-refractivity contribution in [2.45, 2.75) is 20.0 Å². The fourth-order valence-electron chi connectivity index (χ4n) is 1.40. The van der Waals surface area contributed by atoms with Crippen molar-refractivity contribution in [1.29, 1.82) is 0 Å². The van der Waals surface area contributed by atoms with Crippen LogP contribution in [-0.2, 0) is 13.0 Å². The van der Waals surface area contributed by atoms with Crippen molar-refractivity contribution in [2.24, 2.45) is 0 Å². The Morgan fingerprint density at radius 1 is 1.47 bits per heavy atom. The van der Waals surface area contributed by atoms with E-state index in [1.165, 1.54) is 16.9 Å². The predicted molar refractivity (Wildman–Crippen MR) is 60.6 cm³/mol. The fraction of sp³-hybridized carbons (Fsp3) is 0.273. The molecule has 78 valence electrons. The van der Waals surface area contributed by atoms with Crippen LogP contribution in [0.15, 0.2) is 23.7 Å².